The van der Waals surface area contributed by atoms with Gasteiger partial charge in [-0.1, -0.05) is 12.1 Å². The molecule has 1 aromatic rings. The zero-order valence-electron chi connectivity index (χ0n) is 17.3. The van der Waals surface area contributed by atoms with E-state index in [1.54, 1.807) is 29.2 Å². The minimum atomic E-state index is -0.849. The molecule has 3 aliphatic rings. The van der Waals surface area contributed by atoms with Gasteiger partial charge in [0.2, 0.25) is 5.91 Å². The van der Waals surface area contributed by atoms with E-state index in [2.05, 4.69) is 0 Å². The average molecular weight is 435 g/mol. The molecule has 1 aromatic carbocycles. The molecular weight excluding hydrogens is 406 g/mol. The van der Waals surface area contributed by atoms with Crippen LogP contribution in [-0.2, 0) is 25.5 Å². The quantitative estimate of drug-likeness (QED) is 0.612. The van der Waals surface area contributed by atoms with Gasteiger partial charge in [0, 0.05) is 19.6 Å². The monoisotopic (exact) mass is 435 g/mol. The molecule has 0 aliphatic carbocycles. The topological polar surface area (TPSA) is 143 Å². The van der Waals surface area contributed by atoms with Crippen LogP contribution in [0, 0.1) is 0 Å². The second-order valence-corrected chi connectivity index (χ2v) is 7.79. The van der Waals surface area contributed by atoms with Gasteiger partial charge in [0.15, 0.2) is 5.78 Å². The predicted octanol–water partition coefficient (Wildman–Crippen LogP) is 0.218. The third-order valence-electron chi connectivity index (χ3n) is 5.62. The van der Waals surface area contributed by atoms with Crippen molar-refractivity contribution >= 4 is 17.8 Å². The van der Waals surface area contributed by atoms with E-state index < -0.39 is 18.2 Å². The third kappa shape index (κ3) is 5.93. The van der Waals surface area contributed by atoms with Crippen molar-refractivity contribution in [3.63, 3.8) is 0 Å². The highest BCUT2D eigenvalue weighted by Gasteiger charge is 2.45. The number of ether oxygens (including phenoxy) is 2. The molecule has 170 valence electrons. The van der Waals surface area contributed by atoms with E-state index in [0.29, 0.717) is 39.3 Å². The molecule has 10 heteroatoms. The second-order valence-electron chi connectivity index (χ2n) is 7.79. The summed E-state index contributed by atoms with van der Waals surface area (Å²) in [5.41, 5.74) is 6.92. The zero-order chi connectivity index (χ0) is 22.4. The van der Waals surface area contributed by atoms with Crippen LogP contribution >= 0.6 is 0 Å². The molecule has 0 spiro atoms. The number of hydrogen-bond acceptors (Lipinski definition) is 7. The number of piperidine rings is 1. The number of fused-ring (bicyclic) bond motifs is 1. The van der Waals surface area contributed by atoms with Crippen molar-refractivity contribution in [1.29, 1.82) is 0 Å². The van der Waals surface area contributed by atoms with Gasteiger partial charge in [-0.2, -0.15) is 0 Å². The first-order valence-electron chi connectivity index (χ1n) is 10.4. The fourth-order valence-corrected chi connectivity index (χ4v) is 3.98. The molecule has 2 amide bonds. The van der Waals surface area contributed by atoms with E-state index in [9.17, 15) is 19.5 Å². The summed E-state index contributed by atoms with van der Waals surface area (Å²) in [7, 11) is 0. The Hall–Kier alpha value is -2.69. The Morgan fingerprint density at radius 2 is 1.84 bits per heavy atom. The van der Waals surface area contributed by atoms with Crippen LogP contribution in [0.2, 0.25) is 0 Å². The molecule has 3 unspecified atom stereocenters. The summed E-state index contributed by atoms with van der Waals surface area (Å²) in [6.45, 7) is 2.73. The van der Waals surface area contributed by atoms with E-state index in [-0.39, 0.29) is 30.2 Å². The maximum Gasteiger partial charge on any atom is 0.407 e. The Labute approximate surface area is 180 Å². The molecule has 4 N–H and O–H groups in total. The standard InChI is InChI=1S/C16H20N2O4.C5H9NO3/c17-12(8-10-3-5-11(19)6-4-10)16(21)18-7-1-2-14-15(18)13(20)9-22-14;7-5(8)6-1-3-9-4-2-6/h3-6,12,14-15,19H,1-2,7-9,17H2;1-4H2,(H,7,8). The van der Waals surface area contributed by atoms with Crippen LogP contribution in [0.3, 0.4) is 0 Å². The number of nitrogens with zero attached hydrogens (tertiary/aromatic N) is 2. The Morgan fingerprint density at radius 3 is 2.45 bits per heavy atom. The van der Waals surface area contributed by atoms with Gasteiger partial charge in [0.25, 0.3) is 0 Å². The molecule has 0 saturated carbocycles. The number of hydrogen-bond donors (Lipinski definition) is 3. The van der Waals surface area contributed by atoms with Crippen molar-refractivity contribution in [1.82, 2.24) is 9.80 Å². The van der Waals surface area contributed by atoms with Gasteiger partial charge in [-0.25, -0.2) is 4.79 Å². The highest BCUT2D eigenvalue weighted by molar-refractivity contribution is 5.93. The lowest BCUT2D eigenvalue weighted by Gasteiger charge is -2.36. The van der Waals surface area contributed by atoms with Gasteiger partial charge >= 0.3 is 6.09 Å². The third-order valence-corrected chi connectivity index (χ3v) is 5.62. The number of phenolic OH excluding ortho intramolecular Hbond substituents is 1. The van der Waals surface area contributed by atoms with Crippen LogP contribution in [0.15, 0.2) is 24.3 Å². The largest absolute Gasteiger partial charge is 0.508 e. The van der Waals surface area contributed by atoms with Crippen LogP contribution < -0.4 is 5.73 Å². The minimum absolute atomic E-state index is 0.0325. The molecule has 31 heavy (non-hydrogen) atoms. The molecule has 3 saturated heterocycles. The van der Waals surface area contributed by atoms with Crippen LogP contribution in [0.4, 0.5) is 4.79 Å². The van der Waals surface area contributed by atoms with E-state index in [0.717, 1.165) is 18.4 Å². The number of amides is 2. The number of rotatable bonds is 3. The Kier molecular flexibility index (Phi) is 7.83. The predicted molar refractivity (Wildman–Crippen MR) is 110 cm³/mol. The highest BCUT2D eigenvalue weighted by atomic mass is 16.5. The Balaban J connectivity index is 0.000000254. The van der Waals surface area contributed by atoms with Crippen molar-refractivity contribution in [2.75, 3.05) is 39.5 Å². The minimum Gasteiger partial charge on any atom is -0.508 e. The summed E-state index contributed by atoms with van der Waals surface area (Å²) in [5.74, 6) is -0.0623. The normalized spacial score (nSPS) is 24.1. The molecule has 3 atom stereocenters. The summed E-state index contributed by atoms with van der Waals surface area (Å²) in [6, 6.07) is 5.45. The fraction of sp³-hybridized carbons (Fsp3) is 0.571. The van der Waals surface area contributed by atoms with Gasteiger partial charge in [0.05, 0.1) is 25.4 Å². The van der Waals surface area contributed by atoms with Gasteiger partial charge in [-0.3, -0.25) is 9.59 Å². The number of carboxylic acid groups (broad SMARTS) is 1. The first-order chi connectivity index (χ1) is 14.9. The lowest BCUT2D eigenvalue weighted by Crippen LogP contribution is -2.56. The maximum absolute atomic E-state index is 12.6. The van der Waals surface area contributed by atoms with Gasteiger partial charge in [0.1, 0.15) is 18.4 Å². The van der Waals surface area contributed by atoms with Crippen molar-refractivity contribution in [2.24, 2.45) is 5.73 Å². The molecular formula is C21H29N3O7. The lowest BCUT2D eigenvalue weighted by atomic mass is 9.96. The first kappa shape index (κ1) is 23.0. The first-order valence-corrected chi connectivity index (χ1v) is 10.4. The number of ketones is 1. The van der Waals surface area contributed by atoms with E-state index in [1.165, 1.54) is 4.90 Å². The molecule has 0 radical (unpaired) electrons. The van der Waals surface area contributed by atoms with Crippen LogP contribution in [0.1, 0.15) is 18.4 Å². The number of benzene rings is 1. The summed E-state index contributed by atoms with van der Waals surface area (Å²) in [6.07, 6.45) is 0.992. The van der Waals surface area contributed by atoms with Crippen molar-refractivity contribution < 1.29 is 34.1 Å². The Bertz CT molecular complexity index is 780. The number of likely N-dealkylation sites (tertiary alicyclic amines) is 1. The SMILES string of the molecule is NC(Cc1ccc(O)cc1)C(=O)N1CCCC2OCC(=O)C21.O=C(O)N1CCOCC1. The molecule has 10 nitrogen and oxygen atoms in total. The summed E-state index contributed by atoms with van der Waals surface area (Å²) in [4.78, 5) is 37.7. The van der Waals surface area contributed by atoms with E-state index in [1.807, 2.05) is 0 Å². The second kappa shape index (κ2) is 10.6. The molecule has 0 aromatic heterocycles. The number of aromatic hydroxyl groups is 1. The summed E-state index contributed by atoms with van der Waals surface area (Å²) < 4.78 is 10.4. The zero-order valence-corrected chi connectivity index (χ0v) is 17.3. The van der Waals surface area contributed by atoms with Gasteiger partial charge in [-0.15, -0.1) is 0 Å². The van der Waals surface area contributed by atoms with Crippen molar-refractivity contribution in [2.45, 2.75) is 37.5 Å². The van der Waals surface area contributed by atoms with E-state index in [4.69, 9.17) is 20.3 Å². The number of Topliss-reactive ketones (excluding diaryl/α,β-unsaturated/α-hetero) is 1. The lowest BCUT2D eigenvalue weighted by molar-refractivity contribution is -0.141. The van der Waals surface area contributed by atoms with Gasteiger partial charge < -0.3 is 35.2 Å². The number of phenols is 1. The van der Waals surface area contributed by atoms with Crippen LogP contribution in [-0.4, -0.2) is 95.4 Å². The summed E-state index contributed by atoms with van der Waals surface area (Å²) in [5, 5.41) is 17.7. The van der Waals surface area contributed by atoms with Crippen LogP contribution in [0.25, 0.3) is 0 Å². The number of carbonyl (C=O) groups excluding carboxylic acids is 2. The molecule has 3 fully saturated rings. The molecule has 0 bridgehead atoms. The maximum atomic E-state index is 12.6. The fourth-order valence-electron chi connectivity index (χ4n) is 3.98. The Morgan fingerprint density at radius 1 is 1.16 bits per heavy atom. The van der Waals surface area contributed by atoms with Gasteiger partial charge in [-0.05, 0) is 37.0 Å². The van der Waals surface area contributed by atoms with Crippen molar-refractivity contribution in [3.05, 3.63) is 29.8 Å². The molecule has 4 rings (SSSR count). The molecule has 3 aliphatic heterocycles. The number of nitrogens with two attached hydrogens (primary N) is 1. The summed E-state index contributed by atoms with van der Waals surface area (Å²) >= 11 is 0. The number of carbonyl (C=O) groups is 3. The van der Waals surface area contributed by atoms with E-state index >= 15 is 0 Å². The smallest absolute Gasteiger partial charge is 0.407 e. The average Bonchev–Trinajstić information content (AvgIpc) is 3.17. The van der Waals surface area contributed by atoms with Crippen LogP contribution in [0.5, 0.6) is 5.75 Å². The van der Waals surface area contributed by atoms with Crippen molar-refractivity contribution in [3.8, 4) is 5.75 Å². The molecule has 3 heterocycles. The number of morpholine rings is 1. The highest BCUT2D eigenvalue weighted by Crippen LogP contribution is 2.27.